The fraction of sp³-hybridized carbons (Fsp3) is 0.500. The minimum Gasteiger partial charge on any atom is -0.748 e. The van der Waals surface area contributed by atoms with Crippen molar-refractivity contribution in [3.63, 3.8) is 0 Å². The van der Waals surface area contributed by atoms with Crippen molar-refractivity contribution >= 4 is 20.2 Å². The van der Waals surface area contributed by atoms with Crippen molar-refractivity contribution in [1.82, 2.24) is 0 Å². The highest BCUT2D eigenvalue weighted by Crippen LogP contribution is 2.54. The molecule has 0 saturated heterocycles. The molecule has 0 aliphatic rings. The predicted octanol–water partition coefficient (Wildman–Crippen LogP) is 7.11. The van der Waals surface area contributed by atoms with E-state index in [0.717, 1.165) is 6.42 Å². The van der Waals surface area contributed by atoms with Gasteiger partial charge < -0.3 is 9.11 Å². The maximum Gasteiger partial charge on any atom is 0.460 e. The normalized spacial score (nSPS) is 13.3. The van der Waals surface area contributed by atoms with Crippen molar-refractivity contribution in [2.24, 2.45) is 0 Å². The van der Waals surface area contributed by atoms with Crippen molar-refractivity contribution in [1.29, 1.82) is 0 Å². The van der Waals surface area contributed by atoms with E-state index >= 15 is 0 Å². The van der Waals surface area contributed by atoms with E-state index in [-0.39, 0.29) is 69.8 Å². The van der Waals surface area contributed by atoms with Crippen LogP contribution in [0.3, 0.4) is 0 Å². The van der Waals surface area contributed by atoms with E-state index in [1.807, 2.05) is 6.92 Å². The third-order valence-corrected chi connectivity index (χ3v) is 16.5. The molecule has 0 bridgehead atoms. The summed E-state index contributed by atoms with van der Waals surface area (Å²) in [6.07, 6.45) is -5.93. The van der Waals surface area contributed by atoms with Crippen LogP contribution < -0.4 is 42.4 Å². The Labute approximate surface area is 412 Å². The van der Waals surface area contributed by atoms with Crippen molar-refractivity contribution in [2.45, 2.75) is 148 Å². The van der Waals surface area contributed by atoms with Crippen molar-refractivity contribution in [3.05, 3.63) is 134 Å². The van der Waals surface area contributed by atoms with E-state index in [4.69, 9.17) is 0 Å². The SMILES string of the molecule is CC(C)(C)c1ccc([I+]c2ccc(C(C)(C)C)cc2)cc1.CC(C)(C)c1ccc([I+]c2ccc(C(C)(C)C)cc2)cc1.CCCCS(=O)(=O)[O-].O=S(=O)([O-])C(F)(F)C(F)(F)C(F)(F)C(F)(F)F. The van der Waals surface area contributed by atoms with Crippen LogP contribution in [0.15, 0.2) is 97.1 Å². The first-order chi connectivity index (χ1) is 29.9. The van der Waals surface area contributed by atoms with Gasteiger partial charge in [0.1, 0.15) is 0 Å². The van der Waals surface area contributed by atoms with Crippen LogP contribution in [-0.4, -0.2) is 55.0 Å². The zero-order valence-corrected chi connectivity index (χ0v) is 45.7. The molecule has 0 aromatic heterocycles. The van der Waals surface area contributed by atoms with Gasteiger partial charge in [0.05, 0.1) is 10.1 Å². The molecule has 67 heavy (non-hydrogen) atoms. The summed E-state index contributed by atoms with van der Waals surface area (Å²) in [5, 5.41) is -7.11. The van der Waals surface area contributed by atoms with Crippen LogP contribution >= 0.6 is 0 Å². The lowest BCUT2D eigenvalue weighted by atomic mass is 9.87. The molecule has 0 saturated carbocycles. The molecule has 4 aromatic carbocycles. The highest BCUT2D eigenvalue weighted by Gasteiger charge is 2.83. The summed E-state index contributed by atoms with van der Waals surface area (Å²) < 4.78 is 171. The van der Waals surface area contributed by atoms with Gasteiger partial charge in [-0.05, 0) is 98.9 Å². The van der Waals surface area contributed by atoms with Gasteiger partial charge in [0.25, 0.3) is 0 Å². The number of hydrogen-bond acceptors (Lipinski definition) is 6. The molecule has 0 N–H and O–H groups in total. The van der Waals surface area contributed by atoms with Gasteiger partial charge in [0.15, 0.2) is 24.4 Å². The third kappa shape index (κ3) is 19.7. The molecule has 4 aromatic rings. The monoisotopic (exact) mass is 1220 g/mol. The number of unbranched alkanes of at least 4 members (excludes halogenated alkanes) is 1. The molecular formula is C48H61F9I2O6S2. The Hall–Kier alpha value is -2.47. The van der Waals surface area contributed by atoms with Gasteiger partial charge >= 0.3 is 65.7 Å². The topological polar surface area (TPSA) is 114 Å². The highest BCUT2D eigenvalue weighted by molar-refractivity contribution is 7.86. The average molecular weight is 1220 g/mol. The zero-order chi connectivity index (χ0) is 52.5. The smallest absolute Gasteiger partial charge is 0.460 e. The zero-order valence-electron chi connectivity index (χ0n) is 39.8. The second-order valence-electron chi connectivity index (χ2n) is 19.4. The molecule has 0 heterocycles. The van der Waals surface area contributed by atoms with E-state index in [2.05, 4.69) is 180 Å². The molecule has 0 aliphatic heterocycles. The quantitative estimate of drug-likeness (QED) is 0.0952. The molecule has 19 heteroatoms. The molecule has 4 rings (SSSR count). The molecule has 0 aliphatic carbocycles. The highest BCUT2D eigenvalue weighted by atomic mass is 127. The van der Waals surface area contributed by atoms with Gasteiger partial charge in [-0.25, -0.2) is 16.8 Å². The molecule has 0 spiro atoms. The summed E-state index contributed by atoms with van der Waals surface area (Å²) in [7, 11) is -11.4. The summed E-state index contributed by atoms with van der Waals surface area (Å²) in [6.45, 7) is 29.0. The largest absolute Gasteiger partial charge is 0.748 e. The van der Waals surface area contributed by atoms with E-state index in [1.165, 1.54) is 36.5 Å². The second kappa shape index (κ2) is 23.6. The van der Waals surface area contributed by atoms with Gasteiger partial charge in [-0.1, -0.05) is 145 Å². The van der Waals surface area contributed by atoms with Crippen LogP contribution in [0.25, 0.3) is 0 Å². The molecule has 0 fully saturated rings. The third-order valence-electron chi connectivity index (χ3n) is 9.46. The van der Waals surface area contributed by atoms with Crippen molar-refractivity contribution in [3.8, 4) is 0 Å². The Balaban J connectivity index is 0.000000467. The molecule has 0 amide bonds. The van der Waals surface area contributed by atoms with E-state index in [1.54, 1.807) is 0 Å². The predicted molar refractivity (Wildman–Crippen MR) is 235 cm³/mol. The Morgan fingerprint density at radius 3 is 0.776 bits per heavy atom. The Morgan fingerprint density at radius 1 is 0.418 bits per heavy atom. The molecule has 0 unspecified atom stereocenters. The first-order valence-electron chi connectivity index (χ1n) is 20.7. The maximum atomic E-state index is 12.2. The van der Waals surface area contributed by atoms with Gasteiger partial charge in [-0.3, -0.25) is 0 Å². The second-order valence-corrected chi connectivity index (χ2v) is 28.5. The minimum atomic E-state index is -7.43. The number of hydrogen-bond donors (Lipinski definition) is 0. The van der Waals surface area contributed by atoms with E-state index in [0.29, 0.717) is 6.42 Å². The molecule has 378 valence electrons. The molecular weight excluding hydrogens is 1160 g/mol. The number of halogens is 11. The minimum absolute atomic E-state index is 0.0703. The number of alkyl halides is 9. The summed E-state index contributed by atoms with van der Waals surface area (Å²) in [5.41, 5.74) is 6.63. The van der Waals surface area contributed by atoms with E-state index in [9.17, 15) is 65.5 Å². The van der Waals surface area contributed by atoms with Gasteiger partial charge in [0, 0.05) is 5.75 Å². The molecule has 6 nitrogen and oxygen atoms in total. The van der Waals surface area contributed by atoms with Crippen LogP contribution in [0.2, 0.25) is 0 Å². The lowest BCUT2D eigenvalue weighted by Gasteiger charge is -2.34. The summed E-state index contributed by atoms with van der Waals surface area (Å²) in [4.78, 5) is 0. The molecule has 0 atom stereocenters. The van der Waals surface area contributed by atoms with Crippen LogP contribution in [0.4, 0.5) is 39.5 Å². The Bertz CT molecular complexity index is 2140. The lowest BCUT2D eigenvalue weighted by molar-refractivity contribution is -0.597. The number of rotatable bonds is 10. The van der Waals surface area contributed by atoms with E-state index < -0.39 is 43.5 Å². The van der Waals surface area contributed by atoms with Crippen LogP contribution in [0.5, 0.6) is 0 Å². The summed E-state index contributed by atoms with van der Waals surface area (Å²) in [6, 6.07) is 36.8. The van der Waals surface area contributed by atoms with Gasteiger partial charge in [0.2, 0.25) is 0 Å². The van der Waals surface area contributed by atoms with Crippen molar-refractivity contribution in [2.75, 3.05) is 5.75 Å². The van der Waals surface area contributed by atoms with Gasteiger partial charge in [-0.2, -0.15) is 39.5 Å². The standard InChI is InChI=1S/2C20H26I.C4HF9O3S.C4H10O3S/c2*1-19(2,3)15-7-11-17(12-8-15)21-18-13-9-16(10-14-18)20(4,5)6;5-1(6,3(9,10)11)2(7,8)4(12,13)17(14,15)16;1-2-3-4-8(5,6)7/h2*7-14H,1-6H3;(H,14,15,16);2-4H2,1H3,(H,5,6,7)/q2*+1;;/p-2. The fourth-order valence-corrected chi connectivity index (χ4v) is 10.5. The summed E-state index contributed by atoms with van der Waals surface area (Å²) in [5.74, 6) is -15.0. The summed E-state index contributed by atoms with van der Waals surface area (Å²) >= 11 is -0.141. The van der Waals surface area contributed by atoms with Gasteiger partial charge in [-0.15, -0.1) is 0 Å². The number of benzene rings is 4. The lowest BCUT2D eigenvalue weighted by Crippen LogP contribution is -3.61. The molecule has 0 radical (unpaired) electrons. The Morgan fingerprint density at radius 2 is 0.642 bits per heavy atom. The average Bonchev–Trinajstić information content (AvgIpc) is 3.16. The van der Waals surface area contributed by atoms with Crippen LogP contribution in [-0.2, 0) is 41.9 Å². The Kier molecular flexibility index (Phi) is 22.1. The first-order valence-corrected chi connectivity index (χ1v) is 28.0. The van der Waals surface area contributed by atoms with Crippen LogP contribution in [0.1, 0.15) is 125 Å². The van der Waals surface area contributed by atoms with Crippen molar-refractivity contribution < 1.29 is 108 Å². The van der Waals surface area contributed by atoms with Crippen LogP contribution in [0, 0.1) is 14.3 Å². The maximum absolute atomic E-state index is 12.2. The first kappa shape index (κ1) is 62.5. The fourth-order valence-electron chi connectivity index (χ4n) is 5.14.